The summed E-state index contributed by atoms with van der Waals surface area (Å²) < 4.78 is 2.35. The normalized spacial score (nSPS) is 21.6. The van der Waals surface area contributed by atoms with Crippen LogP contribution in [0.2, 0.25) is 0 Å². The Kier molecular flexibility index (Phi) is 7.28. The van der Waals surface area contributed by atoms with Crippen LogP contribution in [0.4, 0.5) is 0 Å². The molecule has 1 amide bonds. The topological polar surface area (TPSA) is 44.6 Å². The highest BCUT2D eigenvalue weighted by atomic mass is 16.2. The van der Waals surface area contributed by atoms with Gasteiger partial charge in [0.25, 0.3) is 0 Å². The Bertz CT molecular complexity index is 870. The summed E-state index contributed by atoms with van der Waals surface area (Å²) in [6.45, 7) is 8.46. The van der Waals surface area contributed by atoms with E-state index in [1.54, 1.807) is 0 Å². The number of imidazole rings is 1. The van der Waals surface area contributed by atoms with Crippen LogP contribution in [-0.4, -0.2) is 76.5 Å². The number of hydrogen-bond acceptors (Lipinski definition) is 4. The van der Waals surface area contributed by atoms with Crippen molar-refractivity contribution in [3.05, 3.63) is 30.1 Å². The van der Waals surface area contributed by atoms with Gasteiger partial charge in [-0.05, 0) is 83.8 Å². The number of aryl methyl sites for hydroxylation is 1. The SMILES string of the molecule is CCn1c(CN2CCCC(CCC(=O)N(C)C3CCN(C)CC3)C2)nc2ccccc21. The lowest BCUT2D eigenvalue weighted by Crippen LogP contribution is -2.44. The molecule has 2 saturated heterocycles. The number of amides is 1. The van der Waals surface area contributed by atoms with Crippen molar-refractivity contribution in [3.63, 3.8) is 0 Å². The Hall–Kier alpha value is -1.92. The molecule has 1 aromatic carbocycles. The zero-order chi connectivity index (χ0) is 21.8. The van der Waals surface area contributed by atoms with Crippen molar-refractivity contribution in [1.29, 1.82) is 0 Å². The molecule has 1 aromatic heterocycles. The first kappa shape index (κ1) is 22.3. The molecule has 1 unspecified atom stereocenters. The van der Waals surface area contributed by atoms with Gasteiger partial charge in [0.2, 0.25) is 5.91 Å². The summed E-state index contributed by atoms with van der Waals surface area (Å²) in [6, 6.07) is 8.86. The fourth-order valence-corrected chi connectivity index (χ4v) is 5.42. The number of nitrogens with zero attached hydrogens (tertiary/aromatic N) is 5. The van der Waals surface area contributed by atoms with Crippen LogP contribution in [0.3, 0.4) is 0 Å². The number of likely N-dealkylation sites (tertiary alicyclic amines) is 2. The van der Waals surface area contributed by atoms with Gasteiger partial charge in [-0.3, -0.25) is 9.69 Å². The van der Waals surface area contributed by atoms with E-state index >= 15 is 0 Å². The number of carbonyl (C=O) groups is 1. The summed E-state index contributed by atoms with van der Waals surface area (Å²) in [6.07, 6.45) is 6.37. The second kappa shape index (κ2) is 10.1. The Morgan fingerprint density at radius 1 is 1.16 bits per heavy atom. The van der Waals surface area contributed by atoms with Crippen LogP contribution in [0.5, 0.6) is 0 Å². The van der Waals surface area contributed by atoms with Crippen LogP contribution >= 0.6 is 0 Å². The molecule has 6 heteroatoms. The first-order chi connectivity index (χ1) is 15.0. The average Bonchev–Trinajstić information content (AvgIpc) is 3.14. The van der Waals surface area contributed by atoms with E-state index in [-0.39, 0.29) is 0 Å². The van der Waals surface area contributed by atoms with Crippen molar-refractivity contribution in [2.45, 2.75) is 64.6 Å². The fraction of sp³-hybridized carbons (Fsp3) is 0.680. The zero-order valence-electron chi connectivity index (χ0n) is 19.6. The quantitative estimate of drug-likeness (QED) is 0.680. The summed E-state index contributed by atoms with van der Waals surface area (Å²) >= 11 is 0. The van der Waals surface area contributed by atoms with E-state index in [0.717, 1.165) is 64.0 Å². The maximum atomic E-state index is 12.8. The molecule has 0 spiro atoms. The maximum absolute atomic E-state index is 12.8. The van der Waals surface area contributed by atoms with Crippen molar-refractivity contribution in [1.82, 2.24) is 24.3 Å². The molecule has 0 radical (unpaired) electrons. The van der Waals surface area contributed by atoms with Gasteiger partial charge >= 0.3 is 0 Å². The number of fused-ring (bicyclic) bond motifs is 1. The van der Waals surface area contributed by atoms with Gasteiger partial charge in [0.05, 0.1) is 17.6 Å². The van der Waals surface area contributed by atoms with Crippen molar-refractivity contribution in [3.8, 4) is 0 Å². The summed E-state index contributed by atoms with van der Waals surface area (Å²) in [4.78, 5) is 24.7. The van der Waals surface area contributed by atoms with Crippen LogP contribution in [-0.2, 0) is 17.9 Å². The van der Waals surface area contributed by atoms with E-state index < -0.39 is 0 Å². The number of piperidine rings is 2. The van der Waals surface area contributed by atoms with Crippen LogP contribution in [0.1, 0.15) is 51.3 Å². The molecule has 2 aliphatic rings. The minimum Gasteiger partial charge on any atom is -0.343 e. The Balaban J connectivity index is 1.29. The predicted octanol–water partition coefficient (Wildman–Crippen LogP) is 3.60. The van der Waals surface area contributed by atoms with Crippen LogP contribution in [0.15, 0.2) is 24.3 Å². The van der Waals surface area contributed by atoms with E-state index in [0.29, 0.717) is 24.3 Å². The molecule has 2 aromatic rings. The molecular formula is C25H39N5O. The van der Waals surface area contributed by atoms with E-state index in [4.69, 9.17) is 4.98 Å². The van der Waals surface area contributed by atoms with Gasteiger partial charge in [0.1, 0.15) is 5.82 Å². The number of carbonyl (C=O) groups excluding carboxylic acids is 1. The highest BCUT2D eigenvalue weighted by Crippen LogP contribution is 2.25. The zero-order valence-corrected chi connectivity index (χ0v) is 19.6. The van der Waals surface area contributed by atoms with Crippen molar-refractivity contribution >= 4 is 16.9 Å². The van der Waals surface area contributed by atoms with Gasteiger partial charge in [0.15, 0.2) is 0 Å². The monoisotopic (exact) mass is 425 g/mol. The third-order valence-electron chi connectivity index (χ3n) is 7.41. The van der Waals surface area contributed by atoms with Crippen molar-refractivity contribution in [2.75, 3.05) is 40.3 Å². The predicted molar refractivity (Wildman–Crippen MR) is 126 cm³/mol. The minimum absolute atomic E-state index is 0.333. The number of para-hydroxylation sites is 2. The molecule has 2 fully saturated rings. The largest absolute Gasteiger partial charge is 0.343 e. The summed E-state index contributed by atoms with van der Waals surface area (Å²) in [5.74, 6) is 2.12. The van der Waals surface area contributed by atoms with E-state index in [1.807, 2.05) is 11.9 Å². The molecule has 4 rings (SSSR count). The first-order valence-electron chi connectivity index (χ1n) is 12.2. The van der Waals surface area contributed by atoms with E-state index in [1.165, 1.54) is 24.2 Å². The molecular weight excluding hydrogens is 386 g/mol. The molecule has 0 bridgehead atoms. The molecule has 31 heavy (non-hydrogen) atoms. The number of rotatable bonds is 7. The second-order valence-corrected chi connectivity index (χ2v) is 9.58. The van der Waals surface area contributed by atoms with Gasteiger partial charge in [-0.25, -0.2) is 4.98 Å². The highest BCUT2D eigenvalue weighted by Gasteiger charge is 2.26. The molecule has 3 heterocycles. The molecule has 0 saturated carbocycles. The van der Waals surface area contributed by atoms with Gasteiger partial charge in [-0.15, -0.1) is 0 Å². The third kappa shape index (κ3) is 5.29. The highest BCUT2D eigenvalue weighted by molar-refractivity contribution is 5.76. The molecule has 0 aliphatic carbocycles. The van der Waals surface area contributed by atoms with Crippen LogP contribution < -0.4 is 0 Å². The third-order valence-corrected chi connectivity index (χ3v) is 7.41. The summed E-state index contributed by atoms with van der Waals surface area (Å²) in [7, 11) is 4.18. The number of benzene rings is 1. The number of hydrogen-bond donors (Lipinski definition) is 0. The Morgan fingerprint density at radius 3 is 2.71 bits per heavy atom. The smallest absolute Gasteiger partial charge is 0.222 e. The lowest BCUT2D eigenvalue weighted by atomic mass is 9.93. The molecule has 0 N–H and O–H groups in total. The lowest BCUT2D eigenvalue weighted by molar-refractivity contribution is -0.133. The van der Waals surface area contributed by atoms with Gasteiger partial charge < -0.3 is 14.4 Å². The minimum atomic E-state index is 0.333. The molecule has 170 valence electrons. The van der Waals surface area contributed by atoms with Gasteiger partial charge in [-0.1, -0.05) is 12.1 Å². The van der Waals surface area contributed by atoms with Crippen LogP contribution in [0.25, 0.3) is 11.0 Å². The number of aromatic nitrogens is 2. The van der Waals surface area contributed by atoms with E-state index in [9.17, 15) is 4.79 Å². The van der Waals surface area contributed by atoms with Crippen LogP contribution in [0, 0.1) is 5.92 Å². The summed E-state index contributed by atoms with van der Waals surface area (Å²) in [5, 5.41) is 0. The molecule has 2 aliphatic heterocycles. The lowest BCUT2D eigenvalue weighted by Gasteiger charge is -2.36. The standard InChI is InChI=1S/C25H39N5O/c1-4-30-23-10-6-5-9-22(23)26-24(30)19-29-15-7-8-20(18-29)11-12-25(31)28(3)21-13-16-27(2)17-14-21/h5-6,9-10,20-21H,4,7-8,11-19H2,1-3H3. The maximum Gasteiger partial charge on any atom is 0.222 e. The van der Waals surface area contributed by atoms with Crippen molar-refractivity contribution in [2.24, 2.45) is 5.92 Å². The van der Waals surface area contributed by atoms with Gasteiger partial charge in [0, 0.05) is 32.6 Å². The van der Waals surface area contributed by atoms with E-state index in [2.05, 4.69) is 52.6 Å². The summed E-state index contributed by atoms with van der Waals surface area (Å²) in [5.41, 5.74) is 2.33. The Labute approximate surface area is 187 Å². The Morgan fingerprint density at radius 2 is 1.94 bits per heavy atom. The first-order valence-corrected chi connectivity index (χ1v) is 12.2. The molecule has 1 atom stereocenters. The second-order valence-electron chi connectivity index (χ2n) is 9.58. The molecule has 6 nitrogen and oxygen atoms in total. The average molecular weight is 426 g/mol. The van der Waals surface area contributed by atoms with Crippen molar-refractivity contribution < 1.29 is 4.79 Å². The fourth-order valence-electron chi connectivity index (χ4n) is 5.42. The van der Waals surface area contributed by atoms with Gasteiger partial charge in [-0.2, -0.15) is 0 Å².